The van der Waals surface area contributed by atoms with Crippen molar-refractivity contribution in [3.8, 4) is 5.75 Å². The van der Waals surface area contributed by atoms with Gasteiger partial charge in [-0.3, -0.25) is 4.79 Å². The van der Waals surface area contributed by atoms with Crippen LogP contribution in [0.3, 0.4) is 0 Å². The molecule has 1 unspecified atom stereocenters. The number of rotatable bonds is 4. The lowest BCUT2D eigenvalue weighted by atomic mass is 10.1. The molecular formula is C15H22N2O2. The van der Waals surface area contributed by atoms with Crippen molar-refractivity contribution in [2.45, 2.75) is 13.8 Å². The highest BCUT2D eigenvalue weighted by Gasteiger charge is 2.22. The summed E-state index contributed by atoms with van der Waals surface area (Å²) in [6.07, 6.45) is 0. The topological polar surface area (TPSA) is 41.6 Å². The first-order chi connectivity index (χ1) is 9.18. The first kappa shape index (κ1) is 13.9. The van der Waals surface area contributed by atoms with Crippen molar-refractivity contribution in [3.05, 3.63) is 29.8 Å². The fraction of sp³-hybridized carbons (Fsp3) is 0.533. The quantitative estimate of drug-likeness (QED) is 0.893. The Balaban J connectivity index is 1.85. The van der Waals surface area contributed by atoms with Crippen LogP contribution in [0.2, 0.25) is 0 Å². The zero-order valence-electron chi connectivity index (χ0n) is 11.7. The molecule has 1 heterocycles. The van der Waals surface area contributed by atoms with Crippen LogP contribution >= 0.6 is 0 Å². The van der Waals surface area contributed by atoms with Gasteiger partial charge in [0, 0.05) is 26.2 Å². The van der Waals surface area contributed by atoms with Gasteiger partial charge in [0.15, 0.2) is 0 Å². The highest BCUT2D eigenvalue weighted by Crippen LogP contribution is 2.17. The number of ether oxygens (including phenoxy) is 1. The molecule has 0 aliphatic carbocycles. The summed E-state index contributed by atoms with van der Waals surface area (Å²) in [5.74, 6) is 0.954. The maximum absolute atomic E-state index is 12.2. The second-order valence-electron chi connectivity index (χ2n) is 5.05. The van der Waals surface area contributed by atoms with Gasteiger partial charge < -0.3 is 15.0 Å². The number of para-hydroxylation sites is 1. The molecule has 1 aromatic rings. The molecule has 2 rings (SSSR count). The molecule has 1 aliphatic heterocycles. The average molecular weight is 262 g/mol. The molecule has 1 N–H and O–H groups in total. The summed E-state index contributed by atoms with van der Waals surface area (Å²) >= 11 is 0. The molecule has 1 saturated heterocycles. The van der Waals surface area contributed by atoms with Crippen molar-refractivity contribution in [1.82, 2.24) is 10.2 Å². The minimum absolute atomic E-state index is 0.0993. The smallest absolute Gasteiger partial charge is 0.228 e. The van der Waals surface area contributed by atoms with E-state index >= 15 is 0 Å². The van der Waals surface area contributed by atoms with Crippen molar-refractivity contribution in [1.29, 1.82) is 0 Å². The molecule has 4 nitrogen and oxygen atoms in total. The number of benzene rings is 1. The standard InChI is InChI=1S/C15H22N2O2/c1-12-5-3-4-6-14(12)19-11-13(2)15(18)17-9-7-16-8-10-17/h3-6,13,16H,7-11H2,1-2H3. The average Bonchev–Trinajstić information content (AvgIpc) is 2.46. The molecule has 1 amide bonds. The minimum atomic E-state index is -0.0993. The van der Waals surface area contributed by atoms with E-state index in [1.54, 1.807) is 0 Å². The van der Waals surface area contributed by atoms with Gasteiger partial charge in [-0.2, -0.15) is 0 Å². The van der Waals surface area contributed by atoms with E-state index in [1.807, 2.05) is 43.0 Å². The fourth-order valence-corrected chi connectivity index (χ4v) is 2.20. The summed E-state index contributed by atoms with van der Waals surface area (Å²) in [5.41, 5.74) is 1.10. The van der Waals surface area contributed by atoms with Crippen LogP contribution in [0.15, 0.2) is 24.3 Å². The van der Waals surface area contributed by atoms with Crippen LogP contribution < -0.4 is 10.1 Å². The number of amides is 1. The lowest BCUT2D eigenvalue weighted by Gasteiger charge is -2.29. The van der Waals surface area contributed by atoms with E-state index in [4.69, 9.17) is 4.74 Å². The largest absolute Gasteiger partial charge is 0.493 e. The summed E-state index contributed by atoms with van der Waals surface area (Å²) in [7, 11) is 0. The van der Waals surface area contributed by atoms with Crippen molar-refractivity contribution >= 4 is 5.91 Å². The third-order valence-electron chi connectivity index (χ3n) is 3.43. The number of nitrogens with one attached hydrogen (secondary N) is 1. The van der Waals surface area contributed by atoms with Gasteiger partial charge in [-0.1, -0.05) is 25.1 Å². The van der Waals surface area contributed by atoms with Gasteiger partial charge in [0.1, 0.15) is 5.75 Å². The van der Waals surface area contributed by atoms with Crippen LogP contribution in [-0.4, -0.2) is 43.6 Å². The molecule has 1 atom stereocenters. The van der Waals surface area contributed by atoms with E-state index in [0.717, 1.165) is 37.5 Å². The third-order valence-corrected chi connectivity index (χ3v) is 3.43. The molecule has 4 heteroatoms. The number of nitrogens with zero attached hydrogens (tertiary/aromatic N) is 1. The van der Waals surface area contributed by atoms with E-state index in [2.05, 4.69) is 5.32 Å². The zero-order chi connectivity index (χ0) is 13.7. The van der Waals surface area contributed by atoms with Crippen LogP contribution in [0.1, 0.15) is 12.5 Å². The molecule has 0 aromatic heterocycles. The van der Waals surface area contributed by atoms with Gasteiger partial charge in [0.05, 0.1) is 12.5 Å². The van der Waals surface area contributed by atoms with Crippen LogP contribution in [0.5, 0.6) is 5.75 Å². The number of aryl methyl sites for hydroxylation is 1. The molecule has 0 bridgehead atoms. The SMILES string of the molecule is Cc1ccccc1OCC(C)C(=O)N1CCNCC1. The Morgan fingerprint density at radius 2 is 2.05 bits per heavy atom. The first-order valence-corrected chi connectivity index (χ1v) is 6.86. The number of carbonyl (C=O) groups is 1. The van der Waals surface area contributed by atoms with E-state index in [9.17, 15) is 4.79 Å². The van der Waals surface area contributed by atoms with Gasteiger partial charge >= 0.3 is 0 Å². The summed E-state index contributed by atoms with van der Waals surface area (Å²) in [6, 6.07) is 7.89. The number of piperazine rings is 1. The maximum Gasteiger partial charge on any atom is 0.228 e. The molecule has 1 aliphatic rings. The van der Waals surface area contributed by atoms with Crippen molar-refractivity contribution in [3.63, 3.8) is 0 Å². The van der Waals surface area contributed by atoms with Crippen LogP contribution in [0.25, 0.3) is 0 Å². The van der Waals surface area contributed by atoms with Gasteiger partial charge in [-0.25, -0.2) is 0 Å². The molecule has 0 radical (unpaired) electrons. The third kappa shape index (κ3) is 3.70. The van der Waals surface area contributed by atoms with Crippen molar-refractivity contribution in [2.24, 2.45) is 5.92 Å². The minimum Gasteiger partial charge on any atom is -0.493 e. The van der Waals surface area contributed by atoms with Crippen molar-refractivity contribution in [2.75, 3.05) is 32.8 Å². The lowest BCUT2D eigenvalue weighted by Crippen LogP contribution is -2.48. The Labute approximate surface area is 114 Å². The van der Waals surface area contributed by atoms with Crippen LogP contribution in [-0.2, 0) is 4.79 Å². The summed E-state index contributed by atoms with van der Waals surface area (Å²) in [6.45, 7) is 7.75. The number of hydrogen-bond donors (Lipinski definition) is 1. The molecule has 1 fully saturated rings. The van der Waals surface area contributed by atoms with E-state index < -0.39 is 0 Å². The summed E-state index contributed by atoms with van der Waals surface area (Å²) < 4.78 is 5.75. The molecule has 0 saturated carbocycles. The predicted molar refractivity (Wildman–Crippen MR) is 75.3 cm³/mol. The Morgan fingerprint density at radius 3 is 2.74 bits per heavy atom. The van der Waals surface area contributed by atoms with E-state index in [1.165, 1.54) is 0 Å². The maximum atomic E-state index is 12.2. The second kappa shape index (κ2) is 6.57. The Bertz CT molecular complexity index is 428. The molecular weight excluding hydrogens is 240 g/mol. The summed E-state index contributed by atoms with van der Waals surface area (Å²) in [4.78, 5) is 14.1. The number of hydrogen-bond acceptors (Lipinski definition) is 3. The van der Waals surface area contributed by atoms with E-state index in [-0.39, 0.29) is 11.8 Å². The highest BCUT2D eigenvalue weighted by atomic mass is 16.5. The van der Waals surface area contributed by atoms with E-state index in [0.29, 0.717) is 6.61 Å². The Hall–Kier alpha value is -1.55. The Morgan fingerprint density at radius 1 is 1.37 bits per heavy atom. The predicted octanol–water partition coefficient (Wildman–Crippen LogP) is 1.44. The Kier molecular flexibility index (Phi) is 4.80. The highest BCUT2D eigenvalue weighted by molar-refractivity contribution is 5.78. The van der Waals surface area contributed by atoms with Gasteiger partial charge in [-0.15, -0.1) is 0 Å². The van der Waals surface area contributed by atoms with Gasteiger partial charge in [-0.05, 0) is 18.6 Å². The zero-order valence-corrected chi connectivity index (χ0v) is 11.7. The molecule has 104 valence electrons. The first-order valence-electron chi connectivity index (χ1n) is 6.86. The number of carbonyl (C=O) groups excluding carboxylic acids is 1. The second-order valence-corrected chi connectivity index (χ2v) is 5.05. The molecule has 1 aromatic carbocycles. The van der Waals surface area contributed by atoms with Crippen LogP contribution in [0.4, 0.5) is 0 Å². The van der Waals surface area contributed by atoms with Gasteiger partial charge in [0.2, 0.25) is 5.91 Å². The fourth-order valence-electron chi connectivity index (χ4n) is 2.20. The monoisotopic (exact) mass is 262 g/mol. The normalized spacial score (nSPS) is 17.1. The van der Waals surface area contributed by atoms with Crippen LogP contribution in [0, 0.1) is 12.8 Å². The van der Waals surface area contributed by atoms with Crippen molar-refractivity contribution < 1.29 is 9.53 Å². The summed E-state index contributed by atoms with van der Waals surface area (Å²) in [5, 5.41) is 3.25. The molecule has 19 heavy (non-hydrogen) atoms. The lowest BCUT2D eigenvalue weighted by molar-refractivity contribution is -0.136. The molecule has 0 spiro atoms. The van der Waals surface area contributed by atoms with Gasteiger partial charge in [0.25, 0.3) is 0 Å².